The van der Waals surface area contributed by atoms with Crippen LogP contribution in [0.25, 0.3) is 0 Å². The van der Waals surface area contributed by atoms with Crippen LogP contribution in [0.1, 0.15) is 30.7 Å². The van der Waals surface area contributed by atoms with Crippen LogP contribution in [0, 0.1) is 5.82 Å². The van der Waals surface area contributed by atoms with E-state index < -0.39 is 6.10 Å². The molecule has 3 nitrogen and oxygen atoms in total. The predicted molar refractivity (Wildman–Crippen MR) is 63.0 cm³/mol. The van der Waals surface area contributed by atoms with E-state index in [1.165, 1.54) is 12.1 Å². The van der Waals surface area contributed by atoms with Crippen LogP contribution in [0.2, 0.25) is 0 Å². The number of benzene rings is 1. The molecule has 1 atom stereocenters. The first-order valence-electron chi connectivity index (χ1n) is 5.66. The van der Waals surface area contributed by atoms with Crippen molar-refractivity contribution in [3.63, 3.8) is 0 Å². The van der Waals surface area contributed by atoms with Gasteiger partial charge in [0.05, 0.1) is 18.2 Å². The minimum atomic E-state index is -0.760. The summed E-state index contributed by atoms with van der Waals surface area (Å²) >= 11 is 0. The number of hydrogen-bond acceptors (Lipinski definition) is 2. The molecule has 1 aromatic carbocycles. The zero-order valence-electron chi connectivity index (χ0n) is 9.68. The molecule has 1 N–H and O–H groups in total. The van der Waals surface area contributed by atoms with E-state index in [1.807, 2.05) is 4.57 Å². The molecule has 0 radical (unpaired) electrons. The summed E-state index contributed by atoms with van der Waals surface area (Å²) in [6.45, 7) is 2.88. The van der Waals surface area contributed by atoms with Crippen molar-refractivity contribution in [1.82, 2.24) is 9.55 Å². The van der Waals surface area contributed by atoms with E-state index in [0.29, 0.717) is 5.56 Å². The summed E-state index contributed by atoms with van der Waals surface area (Å²) in [5, 5.41) is 10.2. The second-order valence-electron chi connectivity index (χ2n) is 3.97. The fourth-order valence-corrected chi connectivity index (χ4v) is 1.80. The van der Waals surface area contributed by atoms with Gasteiger partial charge in [-0.25, -0.2) is 9.37 Å². The molecule has 0 aliphatic carbocycles. The van der Waals surface area contributed by atoms with Crippen molar-refractivity contribution >= 4 is 0 Å². The molecule has 0 bridgehead atoms. The van der Waals surface area contributed by atoms with Crippen LogP contribution in [-0.2, 0) is 6.54 Å². The Morgan fingerprint density at radius 1 is 1.35 bits per heavy atom. The zero-order chi connectivity index (χ0) is 12.3. The second-order valence-corrected chi connectivity index (χ2v) is 3.97. The minimum Gasteiger partial charge on any atom is -0.382 e. The van der Waals surface area contributed by atoms with E-state index in [1.54, 1.807) is 24.7 Å². The van der Waals surface area contributed by atoms with E-state index in [0.717, 1.165) is 18.7 Å². The van der Waals surface area contributed by atoms with Crippen molar-refractivity contribution in [3.8, 4) is 0 Å². The van der Waals surface area contributed by atoms with Gasteiger partial charge in [-0.2, -0.15) is 0 Å². The number of rotatable bonds is 4. The monoisotopic (exact) mass is 234 g/mol. The Morgan fingerprint density at radius 2 is 2.06 bits per heavy atom. The summed E-state index contributed by atoms with van der Waals surface area (Å²) < 4.78 is 14.7. The topological polar surface area (TPSA) is 38.0 Å². The molecule has 90 valence electrons. The van der Waals surface area contributed by atoms with Crippen molar-refractivity contribution in [1.29, 1.82) is 0 Å². The van der Waals surface area contributed by atoms with Gasteiger partial charge < -0.3 is 9.67 Å². The van der Waals surface area contributed by atoms with Gasteiger partial charge in [0.15, 0.2) is 0 Å². The molecule has 0 saturated heterocycles. The highest BCUT2D eigenvalue weighted by atomic mass is 19.1. The molecule has 0 fully saturated rings. The fourth-order valence-electron chi connectivity index (χ4n) is 1.80. The molecular weight excluding hydrogens is 219 g/mol. The normalized spacial score (nSPS) is 12.6. The molecule has 4 heteroatoms. The van der Waals surface area contributed by atoms with Crippen LogP contribution < -0.4 is 0 Å². The Morgan fingerprint density at radius 3 is 2.71 bits per heavy atom. The number of aliphatic hydroxyl groups excluding tert-OH is 1. The summed E-state index contributed by atoms with van der Waals surface area (Å²) in [6.07, 6.45) is 3.55. The quantitative estimate of drug-likeness (QED) is 0.882. The van der Waals surface area contributed by atoms with Crippen molar-refractivity contribution < 1.29 is 9.50 Å². The first kappa shape index (κ1) is 11.8. The number of aliphatic hydroxyl groups is 1. The molecule has 0 saturated carbocycles. The van der Waals surface area contributed by atoms with Gasteiger partial charge in [0.1, 0.15) is 11.9 Å². The number of hydrogen-bond donors (Lipinski definition) is 1. The third-order valence-corrected chi connectivity index (χ3v) is 2.67. The lowest BCUT2D eigenvalue weighted by atomic mass is 10.1. The molecule has 17 heavy (non-hydrogen) atoms. The van der Waals surface area contributed by atoms with Crippen LogP contribution in [0.5, 0.6) is 0 Å². The highest BCUT2D eigenvalue weighted by molar-refractivity contribution is 5.25. The van der Waals surface area contributed by atoms with E-state index in [-0.39, 0.29) is 5.82 Å². The lowest BCUT2D eigenvalue weighted by Gasteiger charge is -2.13. The number of imidazole rings is 1. The Kier molecular flexibility index (Phi) is 3.54. The molecule has 0 amide bonds. The third-order valence-electron chi connectivity index (χ3n) is 2.67. The molecule has 1 unspecified atom stereocenters. The smallest absolute Gasteiger partial charge is 0.123 e. The highest BCUT2D eigenvalue weighted by Crippen LogP contribution is 2.21. The zero-order valence-corrected chi connectivity index (χ0v) is 9.68. The molecule has 0 spiro atoms. The van der Waals surface area contributed by atoms with Gasteiger partial charge in [0, 0.05) is 6.54 Å². The molecule has 1 aromatic heterocycles. The van der Waals surface area contributed by atoms with Gasteiger partial charge in [-0.3, -0.25) is 0 Å². The molecular formula is C13H15FN2O. The van der Waals surface area contributed by atoms with E-state index in [9.17, 15) is 9.50 Å². The van der Waals surface area contributed by atoms with Gasteiger partial charge >= 0.3 is 0 Å². The minimum absolute atomic E-state index is 0.303. The van der Waals surface area contributed by atoms with Crippen LogP contribution >= 0.6 is 0 Å². The van der Waals surface area contributed by atoms with Gasteiger partial charge in [0.2, 0.25) is 0 Å². The highest BCUT2D eigenvalue weighted by Gasteiger charge is 2.14. The maximum Gasteiger partial charge on any atom is 0.123 e. The largest absolute Gasteiger partial charge is 0.382 e. The first-order chi connectivity index (χ1) is 8.22. The van der Waals surface area contributed by atoms with Crippen molar-refractivity contribution in [2.45, 2.75) is 26.0 Å². The number of nitrogens with zero attached hydrogens (tertiary/aromatic N) is 2. The lowest BCUT2D eigenvalue weighted by Crippen LogP contribution is -2.08. The summed E-state index contributed by atoms with van der Waals surface area (Å²) in [6, 6.07) is 5.87. The van der Waals surface area contributed by atoms with Crippen LogP contribution in [-0.4, -0.2) is 14.7 Å². The first-order valence-corrected chi connectivity index (χ1v) is 5.66. The number of halogens is 1. The summed E-state index contributed by atoms with van der Waals surface area (Å²) in [7, 11) is 0. The Balaban J connectivity index is 2.26. The van der Waals surface area contributed by atoms with Crippen molar-refractivity contribution in [3.05, 3.63) is 53.9 Å². The summed E-state index contributed by atoms with van der Waals surface area (Å²) in [5.74, 6) is -0.303. The van der Waals surface area contributed by atoms with Crippen molar-refractivity contribution in [2.24, 2.45) is 0 Å². The summed E-state index contributed by atoms with van der Waals surface area (Å²) in [5.41, 5.74) is 1.41. The average molecular weight is 234 g/mol. The van der Waals surface area contributed by atoms with E-state index >= 15 is 0 Å². The maximum atomic E-state index is 12.8. The SMILES string of the molecule is CCCn1cncc1C(O)c1ccc(F)cc1. The molecule has 1 heterocycles. The third kappa shape index (κ3) is 2.53. The lowest BCUT2D eigenvalue weighted by molar-refractivity contribution is 0.209. The van der Waals surface area contributed by atoms with E-state index in [4.69, 9.17) is 0 Å². The van der Waals surface area contributed by atoms with Crippen molar-refractivity contribution in [2.75, 3.05) is 0 Å². The molecule has 2 aromatic rings. The maximum absolute atomic E-state index is 12.8. The fraction of sp³-hybridized carbons (Fsp3) is 0.308. The standard InChI is InChI=1S/C13H15FN2O/c1-2-7-16-9-15-8-12(16)13(17)10-3-5-11(14)6-4-10/h3-6,8-9,13,17H,2,7H2,1H3. The Hall–Kier alpha value is -1.68. The number of aryl methyl sites for hydroxylation is 1. The van der Waals surface area contributed by atoms with Crippen LogP contribution in [0.4, 0.5) is 4.39 Å². The van der Waals surface area contributed by atoms with Crippen LogP contribution in [0.15, 0.2) is 36.8 Å². The number of aromatic nitrogens is 2. The predicted octanol–water partition coefficient (Wildman–Crippen LogP) is 2.51. The Bertz CT molecular complexity index is 478. The van der Waals surface area contributed by atoms with Gasteiger partial charge in [-0.1, -0.05) is 19.1 Å². The average Bonchev–Trinajstić information content (AvgIpc) is 2.78. The second kappa shape index (κ2) is 5.10. The van der Waals surface area contributed by atoms with Gasteiger partial charge in [-0.05, 0) is 24.1 Å². The molecule has 0 aliphatic rings. The van der Waals surface area contributed by atoms with E-state index in [2.05, 4.69) is 11.9 Å². The summed E-state index contributed by atoms with van der Waals surface area (Å²) in [4.78, 5) is 4.03. The molecule has 2 rings (SSSR count). The van der Waals surface area contributed by atoms with Gasteiger partial charge in [0.25, 0.3) is 0 Å². The Labute approximate surface area is 99.5 Å². The molecule has 0 aliphatic heterocycles. The van der Waals surface area contributed by atoms with Crippen LogP contribution in [0.3, 0.4) is 0 Å². The van der Waals surface area contributed by atoms with Gasteiger partial charge in [-0.15, -0.1) is 0 Å².